The fourth-order valence-corrected chi connectivity index (χ4v) is 8.68. The molecular formula is C41H25N3S. The average Bonchev–Trinajstić information content (AvgIpc) is 3.68. The molecule has 0 atom stereocenters. The zero-order chi connectivity index (χ0) is 30.4. The van der Waals surface area contributed by atoms with Crippen LogP contribution in [0, 0.1) is 17.9 Å². The SMILES string of the molecule is [C-]#[N+]c1ccc2c(c1)c1ccccc1n2-c1c(C#N)cccc1-c1ccc2c(c1)sc1cc3c(cc12)-c1ccccc1C3(C)C. The molecule has 45 heavy (non-hydrogen) atoms. The van der Waals surface area contributed by atoms with Crippen LogP contribution in [0.3, 0.4) is 0 Å². The van der Waals surface area contributed by atoms with Crippen molar-refractivity contribution in [2.45, 2.75) is 19.3 Å². The molecule has 0 saturated heterocycles. The predicted octanol–water partition coefficient (Wildman–Crippen LogP) is 11.5. The van der Waals surface area contributed by atoms with Crippen molar-refractivity contribution in [3.8, 4) is 34.0 Å². The van der Waals surface area contributed by atoms with E-state index in [9.17, 15) is 5.26 Å². The summed E-state index contributed by atoms with van der Waals surface area (Å²) < 4.78 is 4.73. The van der Waals surface area contributed by atoms with Crippen LogP contribution in [0.15, 0.2) is 115 Å². The van der Waals surface area contributed by atoms with Gasteiger partial charge in [0.2, 0.25) is 0 Å². The third kappa shape index (κ3) is 3.49. The molecule has 0 fully saturated rings. The van der Waals surface area contributed by atoms with Crippen LogP contribution in [0.1, 0.15) is 30.5 Å². The third-order valence-electron chi connectivity index (χ3n) is 9.65. The monoisotopic (exact) mass is 591 g/mol. The van der Waals surface area contributed by atoms with Crippen LogP contribution in [0.5, 0.6) is 0 Å². The number of para-hydroxylation sites is 2. The molecule has 6 aromatic carbocycles. The first-order valence-corrected chi connectivity index (χ1v) is 15.8. The zero-order valence-electron chi connectivity index (χ0n) is 24.7. The second-order valence-corrected chi connectivity index (χ2v) is 13.4. The first-order chi connectivity index (χ1) is 22.0. The van der Waals surface area contributed by atoms with Gasteiger partial charge in [0.1, 0.15) is 6.07 Å². The predicted molar refractivity (Wildman–Crippen MR) is 188 cm³/mol. The first-order valence-electron chi connectivity index (χ1n) is 15.0. The van der Waals surface area contributed by atoms with E-state index in [1.807, 2.05) is 53.8 Å². The maximum atomic E-state index is 10.4. The smallest absolute Gasteiger partial charge is 0.188 e. The lowest BCUT2D eigenvalue weighted by Gasteiger charge is -2.21. The van der Waals surface area contributed by atoms with E-state index in [1.165, 1.54) is 42.4 Å². The topological polar surface area (TPSA) is 33.1 Å². The lowest BCUT2D eigenvalue weighted by molar-refractivity contribution is 0.661. The van der Waals surface area contributed by atoms with E-state index < -0.39 is 0 Å². The molecule has 0 spiro atoms. The molecule has 0 unspecified atom stereocenters. The summed E-state index contributed by atoms with van der Waals surface area (Å²) in [6, 6.07) is 42.9. The fourth-order valence-electron chi connectivity index (χ4n) is 7.52. The van der Waals surface area contributed by atoms with Crippen molar-refractivity contribution in [3.63, 3.8) is 0 Å². The van der Waals surface area contributed by atoms with Gasteiger partial charge in [-0.15, -0.1) is 11.3 Å². The van der Waals surface area contributed by atoms with Gasteiger partial charge in [0.05, 0.1) is 28.9 Å². The molecular weight excluding hydrogens is 567 g/mol. The van der Waals surface area contributed by atoms with Gasteiger partial charge in [-0.05, 0) is 75.7 Å². The second-order valence-electron chi connectivity index (χ2n) is 12.4. The Bertz CT molecular complexity index is 2650. The lowest BCUT2D eigenvalue weighted by atomic mass is 9.82. The molecule has 8 aromatic rings. The average molecular weight is 592 g/mol. The Labute approximate surface area is 264 Å². The van der Waals surface area contributed by atoms with Crippen LogP contribution < -0.4 is 0 Å². The number of hydrogen-bond acceptors (Lipinski definition) is 2. The summed E-state index contributed by atoms with van der Waals surface area (Å²) in [7, 11) is 0. The number of nitriles is 1. The minimum Gasteiger partial charge on any atom is -0.307 e. The number of thiophene rings is 1. The summed E-state index contributed by atoms with van der Waals surface area (Å²) in [5.41, 5.74) is 11.6. The number of hydrogen-bond donors (Lipinski definition) is 0. The maximum Gasteiger partial charge on any atom is 0.188 e. The Balaban J connectivity index is 1.29. The standard InChI is InChI=1S/C41H25N3S/c1-41(2)34-13-6-4-10-28(34)31-21-33-30-17-15-24(19-38(30)45-39(33)22-35(31)41)27-12-8-9-25(23-42)40(27)44-36-14-7-5-11-29(36)32-20-26(43-3)16-18-37(32)44/h4-22H,1-2H3. The van der Waals surface area contributed by atoms with Gasteiger partial charge in [-0.25, -0.2) is 4.85 Å². The molecule has 210 valence electrons. The van der Waals surface area contributed by atoms with Gasteiger partial charge in [-0.3, -0.25) is 0 Å². The number of aromatic nitrogens is 1. The molecule has 4 heteroatoms. The normalized spacial score (nSPS) is 13.2. The van der Waals surface area contributed by atoms with Crippen molar-refractivity contribution >= 4 is 59.0 Å². The molecule has 3 nitrogen and oxygen atoms in total. The largest absolute Gasteiger partial charge is 0.307 e. The lowest BCUT2D eigenvalue weighted by Crippen LogP contribution is -2.14. The summed E-state index contributed by atoms with van der Waals surface area (Å²) in [4.78, 5) is 3.68. The van der Waals surface area contributed by atoms with E-state index >= 15 is 0 Å². The minimum atomic E-state index is -0.0358. The number of rotatable bonds is 2. The first kappa shape index (κ1) is 25.8. The van der Waals surface area contributed by atoms with E-state index in [-0.39, 0.29) is 5.41 Å². The molecule has 0 aliphatic heterocycles. The van der Waals surface area contributed by atoms with Gasteiger partial charge in [0, 0.05) is 36.5 Å². The molecule has 9 rings (SSSR count). The Hall–Kier alpha value is -5.68. The summed E-state index contributed by atoms with van der Waals surface area (Å²) >= 11 is 1.84. The molecule has 0 N–H and O–H groups in total. The summed E-state index contributed by atoms with van der Waals surface area (Å²) in [5.74, 6) is 0. The Morgan fingerprint density at radius 3 is 2.31 bits per heavy atom. The Morgan fingerprint density at radius 2 is 1.44 bits per heavy atom. The highest BCUT2D eigenvalue weighted by Gasteiger charge is 2.35. The Kier molecular flexibility index (Phi) is 5.25. The molecule has 2 heterocycles. The highest BCUT2D eigenvalue weighted by Crippen LogP contribution is 2.51. The third-order valence-corrected chi connectivity index (χ3v) is 10.8. The molecule has 0 radical (unpaired) electrons. The fraction of sp³-hybridized carbons (Fsp3) is 0.0732. The van der Waals surface area contributed by atoms with Crippen LogP contribution in [0.4, 0.5) is 5.69 Å². The summed E-state index contributed by atoms with van der Waals surface area (Å²) in [5, 5.41) is 15.0. The van der Waals surface area contributed by atoms with Crippen molar-refractivity contribution in [1.29, 1.82) is 5.26 Å². The van der Waals surface area contributed by atoms with E-state index in [2.05, 4.69) is 102 Å². The van der Waals surface area contributed by atoms with Crippen molar-refractivity contribution in [1.82, 2.24) is 4.57 Å². The van der Waals surface area contributed by atoms with Crippen LogP contribution in [0.2, 0.25) is 0 Å². The molecule has 0 amide bonds. The van der Waals surface area contributed by atoms with Gasteiger partial charge in [0.15, 0.2) is 5.69 Å². The van der Waals surface area contributed by atoms with Crippen LogP contribution in [-0.4, -0.2) is 4.57 Å². The number of benzene rings is 6. The van der Waals surface area contributed by atoms with Gasteiger partial charge >= 0.3 is 0 Å². The highest BCUT2D eigenvalue weighted by atomic mass is 32.1. The van der Waals surface area contributed by atoms with Gasteiger partial charge in [-0.1, -0.05) is 86.6 Å². The minimum absolute atomic E-state index is 0.0358. The molecule has 1 aliphatic carbocycles. The molecule has 0 bridgehead atoms. The van der Waals surface area contributed by atoms with E-state index in [4.69, 9.17) is 6.57 Å². The van der Waals surface area contributed by atoms with Gasteiger partial charge in [0.25, 0.3) is 0 Å². The van der Waals surface area contributed by atoms with Crippen molar-refractivity contribution < 1.29 is 0 Å². The number of nitrogens with zero attached hydrogens (tertiary/aromatic N) is 3. The van der Waals surface area contributed by atoms with Crippen LogP contribution in [-0.2, 0) is 5.41 Å². The Morgan fingerprint density at radius 1 is 0.667 bits per heavy atom. The van der Waals surface area contributed by atoms with Crippen molar-refractivity contribution in [3.05, 3.63) is 143 Å². The quantitative estimate of drug-likeness (QED) is 0.184. The molecule has 0 saturated carbocycles. The zero-order valence-corrected chi connectivity index (χ0v) is 25.5. The summed E-state index contributed by atoms with van der Waals surface area (Å²) in [6.07, 6.45) is 0. The van der Waals surface area contributed by atoms with Crippen LogP contribution in [0.25, 0.3) is 74.8 Å². The molecule has 1 aliphatic rings. The van der Waals surface area contributed by atoms with Crippen molar-refractivity contribution in [2.24, 2.45) is 0 Å². The maximum absolute atomic E-state index is 10.4. The van der Waals surface area contributed by atoms with E-state index in [0.29, 0.717) is 11.3 Å². The highest BCUT2D eigenvalue weighted by molar-refractivity contribution is 7.25. The van der Waals surface area contributed by atoms with Crippen LogP contribution >= 0.6 is 11.3 Å². The van der Waals surface area contributed by atoms with E-state index in [1.54, 1.807) is 0 Å². The van der Waals surface area contributed by atoms with Gasteiger partial charge < -0.3 is 4.57 Å². The van der Waals surface area contributed by atoms with E-state index in [0.717, 1.165) is 38.6 Å². The summed E-state index contributed by atoms with van der Waals surface area (Å²) in [6.45, 7) is 12.2. The molecule has 2 aromatic heterocycles. The number of fused-ring (bicyclic) bond motifs is 9. The van der Waals surface area contributed by atoms with Crippen molar-refractivity contribution in [2.75, 3.05) is 0 Å². The van der Waals surface area contributed by atoms with Gasteiger partial charge in [-0.2, -0.15) is 5.26 Å². The second kappa shape index (κ2) is 9.16.